The standard InChI is InChI=1S/C13H21N5O2/c1-9(4-5-14)13(20)17-11-6-15-18(7-11)8-12(19)16-10-2-3-10/h6-7,9-10H,2-5,8,14H2,1H3,(H,16,19)(H,17,20). The summed E-state index contributed by atoms with van der Waals surface area (Å²) in [7, 11) is 0. The number of hydrogen-bond acceptors (Lipinski definition) is 4. The third kappa shape index (κ3) is 4.34. The fourth-order valence-corrected chi connectivity index (χ4v) is 1.81. The molecule has 1 aliphatic carbocycles. The first kappa shape index (κ1) is 14.5. The lowest BCUT2D eigenvalue weighted by Gasteiger charge is -2.09. The van der Waals surface area contributed by atoms with Gasteiger partial charge in [0.25, 0.3) is 0 Å². The van der Waals surface area contributed by atoms with E-state index in [1.807, 2.05) is 6.92 Å². The van der Waals surface area contributed by atoms with Crippen molar-refractivity contribution in [2.45, 2.75) is 38.8 Å². The molecule has 0 bridgehead atoms. The molecule has 1 fully saturated rings. The van der Waals surface area contributed by atoms with E-state index < -0.39 is 0 Å². The third-order valence-corrected chi connectivity index (χ3v) is 3.20. The zero-order chi connectivity index (χ0) is 14.5. The van der Waals surface area contributed by atoms with Crippen molar-refractivity contribution in [3.8, 4) is 0 Å². The van der Waals surface area contributed by atoms with Crippen LogP contribution in [0.15, 0.2) is 12.4 Å². The van der Waals surface area contributed by atoms with Gasteiger partial charge in [-0.1, -0.05) is 6.92 Å². The molecule has 110 valence electrons. The molecule has 7 nitrogen and oxygen atoms in total. The van der Waals surface area contributed by atoms with Crippen LogP contribution in [0.4, 0.5) is 5.69 Å². The van der Waals surface area contributed by atoms with Crippen LogP contribution < -0.4 is 16.4 Å². The van der Waals surface area contributed by atoms with Gasteiger partial charge in [-0.2, -0.15) is 5.10 Å². The second-order valence-electron chi connectivity index (χ2n) is 5.24. The van der Waals surface area contributed by atoms with Gasteiger partial charge in [0.1, 0.15) is 6.54 Å². The van der Waals surface area contributed by atoms with E-state index in [0.29, 0.717) is 24.7 Å². The number of nitrogens with zero attached hydrogens (tertiary/aromatic N) is 2. The van der Waals surface area contributed by atoms with Gasteiger partial charge in [-0.05, 0) is 25.8 Å². The van der Waals surface area contributed by atoms with Crippen molar-refractivity contribution in [1.82, 2.24) is 15.1 Å². The highest BCUT2D eigenvalue weighted by Crippen LogP contribution is 2.18. The lowest BCUT2D eigenvalue weighted by molar-refractivity contribution is -0.122. The van der Waals surface area contributed by atoms with Crippen LogP contribution in [-0.2, 0) is 16.1 Å². The van der Waals surface area contributed by atoms with Crippen LogP contribution in [-0.4, -0.2) is 34.2 Å². The molecule has 20 heavy (non-hydrogen) atoms. The van der Waals surface area contributed by atoms with Crippen LogP contribution >= 0.6 is 0 Å². The van der Waals surface area contributed by atoms with E-state index in [1.165, 1.54) is 10.9 Å². The average Bonchev–Trinajstić information content (AvgIpc) is 3.09. The van der Waals surface area contributed by atoms with Crippen molar-refractivity contribution < 1.29 is 9.59 Å². The SMILES string of the molecule is CC(CCN)C(=O)Nc1cnn(CC(=O)NC2CC2)c1. The van der Waals surface area contributed by atoms with Gasteiger partial charge >= 0.3 is 0 Å². The predicted molar refractivity (Wildman–Crippen MR) is 74.9 cm³/mol. The van der Waals surface area contributed by atoms with Crippen LogP contribution in [0.5, 0.6) is 0 Å². The average molecular weight is 279 g/mol. The van der Waals surface area contributed by atoms with Gasteiger partial charge in [0.05, 0.1) is 11.9 Å². The van der Waals surface area contributed by atoms with Gasteiger partial charge in [0, 0.05) is 18.2 Å². The lowest BCUT2D eigenvalue weighted by Crippen LogP contribution is -2.29. The van der Waals surface area contributed by atoms with E-state index in [4.69, 9.17) is 5.73 Å². The Morgan fingerprint density at radius 3 is 2.95 bits per heavy atom. The van der Waals surface area contributed by atoms with Crippen molar-refractivity contribution in [3.63, 3.8) is 0 Å². The van der Waals surface area contributed by atoms with Gasteiger partial charge in [-0.25, -0.2) is 0 Å². The second-order valence-corrected chi connectivity index (χ2v) is 5.24. The summed E-state index contributed by atoms with van der Waals surface area (Å²) in [4.78, 5) is 23.4. The molecule has 0 aliphatic heterocycles. The quantitative estimate of drug-likeness (QED) is 0.658. The maximum Gasteiger partial charge on any atom is 0.241 e. The fourth-order valence-electron chi connectivity index (χ4n) is 1.81. The molecule has 0 radical (unpaired) electrons. The Labute approximate surface area is 117 Å². The molecule has 1 heterocycles. The number of hydrogen-bond donors (Lipinski definition) is 3. The van der Waals surface area contributed by atoms with E-state index in [0.717, 1.165) is 12.8 Å². The van der Waals surface area contributed by atoms with Crippen molar-refractivity contribution in [3.05, 3.63) is 12.4 Å². The van der Waals surface area contributed by atoms with Crippen LogP contribution in [0.2, 0.25) is 0 Å². The number of amides is 2. The van der Waals surface area contributed by atoms with E-state index in [2.05, 4.69) is 15.7 Å². The summed E-state index contributed by atoms with van der Waals surface area (Å²) < 4.78 is 1.51. The van der Waals surface area contributed by atoms with Gasteiger partial charge in [0.2, 0.25) is 11.8 Å². The summed E-state index contributed by atoms with van der Waals surface area (Å²) in [6.45, 7) is 2.48. The van der Waals surface area contributed by atoms with Gasteiger partial charge < -0.3 is 16.4 Å². The summed E-state index contributed by atoms with van der Waals surface area (Å²) in [5.41, 5.74) is 6.02. The molecule has 4 N–H and O–H groups in total. The first-order valence-corrected chi connectivity index (χ1v) is 6.91. The van der Waals surface area contributed by atoms with E-state index >= 15 is 0 Å². The van der Waals surface area contributed by atoms with Crippen molar-refractivity contribution in [1.29, 1.82) is 0 Å². The molecule has 0 aromatic carbocycles. The maximum atomic E-state index is 11.8. The number of carbonyl (C=O) groups excluding carboxylic acids is 2. The Bertz CT molecular complexity index is 481. The smallest absolute Gasteiger partial charge is 0.241 e. The normalized spacial score (nSPS) is 15.7. The molecule has 1 aromatic heterocycles. The second kappa shape index (κ2) is 6.51. The molecular weight excluding hydrogens is 258 g/mol. The highest BCUT2D eigenvalue weighted by molar-refractivity contribution is 5.92. The number of carbonyl (C=O) groups is 2. The van der Waals surface area contributed by atoms with Crippen LogP contribution in [0.1, 0.15) is 26.2 Å². The molecule has 1 atom stereocenters. The molecular formula is C13H21N5O2. The van der Waals surface area contributed by atoms with E-state index in [-0.39, 0.29) is 24.3 Å². The number of rotatable bonds is 7. The summed E-state index contributed by atoms with van der Waals surface area (Å²) >= 11 is 0. The Morgan fingerprint density at radius 1 is 1.55 bits per heavy atom. The summed E-state index contributed by atoms with van der Waals surface area (Å²) in [6.07, 6.45) is 5.96. The minimum atomic E-state index is -0.137. The molecule has 0 saturated heterocycles. The molecule has 1 aliphatic rings. The Balaban J connectivity index is 1.81. The Kier molecular flexibility index (Phi) is 4.73. The highest BCUT2D eigenvalue weighted by Gasteiger charge is 2.23. The predicted octanol–water partition coefficient (Wildman–Crippen LogP) is 0.0851. The van der Waals surface area contributed by atoms with Gasteiger partial charge in [-0.15, -0.1) is 0 Å². The molecule has 1 saturated carbocycles. The molecule has 0 spiro atoms. The highest BCUT2D eigenvalue weighted by atomic mass is 16.2. The van der Waals surface area contributed by atoms with Crippen molar-refractivity contribution >= 4 is 17.5 Å². The Morgan fingerprint density at radius 2 is 2.30 bits per heavy atom. The first-order chi connectivity index (χ1) is 9.58. The van der Waals surface area contributed by atoms with Crippen LogP contribution in [0.25, 0.3) is 0 Å². The zero-order valence-electron chi connectivity index (χ0n) is 11.6. The van der Waals surface area contributed by atoms with Gasteiger partial charge in [0.15, 0.2) is 0 Å². The third-order valence-electron chi connectivity index (χ3n) is 3.20. The minimum Gasteiger partial charge on any atom is -0.352 e. The van der Waals surface area contributed by atoms with Crippen molar-refractivity contribution in [2.75, 3.05) is 11.9 Å². The zero-order valence-corrected chi connectivity index (χ0v) is 11.6. The van der Waals surface area contributed by atoms with Crippen LogP contribution in [0, 0.1) is 5.92 Å². The maximum absolute atomic E-state index is 11.8. The molecule has 7 heteroatoms. The Hall–Kier alpha value is -1.89. The number of nitrogens with two attached hydrogens (primary N) is 1. The number of aromatic nitrogens is 2. The van der Waals surface area contributed by atoms with Crippen molar-refractivity contribution in [2.24, 2.45) is 11.7 Å². The first-order valence-electron chi connectivity index (χ1n) is 6.91. The molecule has 1 unspecified atom stereocenters. The van der Waals surface area contributed by atoms with Crippen LogP contribution in [0.3, 0.4) is 0 Å². The topological polar surface area (TPSA) is 102 Å². The monoisotopic (exact) mass is 279 g/mol. The molecule has 2 rings (SSSR count). The summed E-state index contributed by atoms with van der Waals surface area (Å²) in [5.74, 6) is -0.274. The lowest BCUT2D eigenvalue weighted by atomic mass is 10.1. The van der Waals surface area contributed by atoms with E-state index in [9.17, 15) is 9.59 Å². The molecule has 2 amide bonds. The fraction of sp³-hybridized carbons (Fsp3) is 0.615. The number of anilines is 1. The van der Waals surface area contributed by atoms with E-state index in [1.54, 1.807) is 6.20 Å². The minimum absolute atomic E-state index is 0.0509. The largest absolute Gasteiger partial charge is 0.352 e. The summed E-state index contributed by atoms with van der Waals surface area (Å²) in [6, 6.07) is 0.342. The summed E-state index contributed by atoms with van der Waals surface area (Å²) in [5, 5.41) is 9.71. The molecule has 1 aromatic rings. The number of nitrogens with one attached hydrogen (secondary N) is 2. The van der Waals surface area contributed by atoms with Gasteiger partial charge in [-0.3, -0.25) is 14.3 Å².